The van der Waals surface area contributed by atoms with Gasteiger partial charge < -0.3 is 8.80 Å². The summed E-state index contributed by atoms with van der Waals surface area (Å²) in [5, 5.41) is 0. The molecule has 0 aliphatic heterocycles. The Morgan fingerprint density at radius 2 is 0.917 bits per heavy atom. The highest BCUT2D eigenvalue weighted by molar-refractivity contribution is 5.58. The minimum atomic E-state index is 1.21. The molecule has 0 spiro atoms. The van der Waals surface area contributed by atoms with Crippen molar-refractivity contribution in [2.24, 2.45) is 0 Å². The van der Waals surface area contributed by atoms with Crippen molar-refractivity contribution < 1.29 is 0 Å². The molecule has 0 amide bonds. The summed E-state index contributed by atoms with van der Waals surface area (Å²) in [6.07, 6.45) is 8.23. The van der Waals surface area contributed by atoms with Gasteiger partial charge in [0.25, 0.3) is 0 Å². The smallest absolute Gasteiger partial charge is 0.0452 e. The zero-order chi connectivity index (χ0) is 7.97. The number of nitrogens with zero attached hydrogens (tertiary/aromatic N) is 2. The number of rotatable bonds is 0. The van der Waals surface area contributed by atoms with E-state index in [0.717, 1.165) is 0 Å². The van der Waals surface area contributed by atoms with Crippen molar-refractivity contribution >= 4 is 11.0 Å². The standard InChI is InChI=1S/C10H8N2/c1-2-10-4-3-9(1)11-5-7-12(10)8-6-11/h1-8H. The summed E-state index contributed by atoms with van der Waals surface area (Å²) in [5.41, 5.74) is 2.43. The van der Waals surface area contributed by atoms with Crippen LogP contribution in [0.25, 0.3) is 11.0 Å². The molecular weight excluding hydrogens is 148 g/mol. The Bertz CT molecular complexity index is 392. The first-order chi connectivity index (χ1) is 5.93. The molecule has 2 heteroatoms. The van der Waals surface area contributed by atoms with Gasteiger partial charge in [-0.25, -0.2) is 0 Å². The summed E-state index contributed by atoms with van der Waals surface area (Å²) >= 11 is 0. The first kappa shape index (κ1) is 5.89. The molecule has 0 N–H and O–H groups in total. The largest absolute Gasteiger partial charge is 0.321 e. The van der Waals surface area contributed by atoms with Crippen LogP contribution in [0.15, 0.2) is 49.1 Å². The summed E-state index contributed by atoms with van der Waals surface area (Å²) in [7, 11) is 0. The van der Waals surface area contributed by atoms with Gasteiger partial charge in [0, 0.05) is 35.8 Å². The number of aromatic nitrogens is 2. The summed E-state index contributed by atoms with van der Waals surface area (Å²) in [6.45, 7) is 0. The summed E-state index contributed by atoms with van der Waals surface area (Å²) in [6, 6.07) is 8.48. The maximum absolute atomic E-state index is 2.12. The molecule has 58 valence electrons. The minimum absolute atomic E-state index is 1.21. The first-order valence-electron chi connectivity index (χ1n) is 3.97. The van der Waals surface area contributed by atoms with E-state index in [-0.39, 0.29) is 0 Å². The van der Waals surface area contributed by atoms with Crippen LogP contribution in [0, 0.1) is 0 Å². The molecule has 1 aromatic carbocycles. The fourth-order valence-corrected chi connectivity index (χ4v) is 1.53. The van der Waals surface area contributed by atoms with Gasteiger partial charge in [-0.05, 0) is 24.3 Å². The Kier molecular flexibility index (Phi) is 0.939. The van der Waals surface area contributed by atoms with E-state index in [1.54, 1.807) is 0 Å². The zero-order valence-corrected chi connectivity index (χ0v) is 6.51. The maximum atomic E-state index is 2.12. The second kappa shape index (κ2) is 1.91. The molecule has 0 saturated carbocycles. The summed E-state index contributed by atoms with van der Waals surface area (Å²) < 4.78 is 4.19. The third kappa shape index (κ3) is 0.639. The number of benzene rings is 1. The molecular formula is C10H8N2. The first-order valence-corrected chi connectivity index (χ1v) is 3.97. The van der Waals surface area contributed by atoms with Crippen LogP contribution in [0.1, 0.15) is 0 Å². The normalized spacial score (nSPS) is 11.3. The topological polar surface area (TPSA) is 8.82 Å². The van der Waals surface area contributed by atoms with Gasteiger partial charge in [0.1, 0.15) is 0 Å². The molecule has 6 aromatic rings. The Labute approximate surface area is 69.7 Å². The average molecular weight is 156 g/mol. The van der Waals surface area contributed by atoms with Crippen molar-refractivity contribution in [1.82, 2.24) is 8.80 Å². The molecule has 0 aliphatic carbocycles. The van der Waals surface area contributed by atoms with Crippen molar-refractivity contribution in [2.45, 2.75) is 0 Å². The third-order valence-corrected chi connectivity index (χ3v) is 2.22. The van der Waals surface area contributed by atoms with Gasteiger partial charge in [0.05, 0.1) is 0 Å². The van der Waals surface area contributed by atoms with E-state index in [2.05, 4.69) is 57.9 Å². The third-order valence-electron chi connectivity index (χ3n) is 2.22. The fraction of sp³-hybridized carbons (Fsp3) is 0. The second-order valence-electron chi connectivity index (χ2n) is 2.93. The van der Waals surface area contributed by atoms with Gasteiger partial charge in [-0.3, -0.25) is 0 Å². The minimum Gasteiger partial charge on any atom is -0.321 e. The van der Waals surface area contributed by atoms with Crippen LogP contribution >= 0.6 is 0 Å². The second-order valence-corrected chi connectivity index (χ2v) is 2.93. The quantitative estimate of drug-likeness (QED) is 0.471. The zero-order valence-electron chi connectivity index (χ0n) is 6.51. The SMILES string of the molecule is c1cc2ccc1n1ccn2cc1. The van der Waals surface area contributed by atoms with Gasteiger partial charge in [-0.2, -0.15) is 0 Å². The van der Waals surface area contributed by atoms with Gasteiger partial charge >= 0.3 is 0 Å². The van der Waals surface area contributed by atoms with E-state index in [4.69, 9.17) is 0 Å². The van der Waals surface area contributed by atoms with Gasteiger partial charge in [-0.1, -0.05) is 0 Å². The van der Waals surface area contributed by atoms with E-state index in [9.17, 15) is 0 Å². The van der Waals surface area contributed by atoms with Crippen LogP contribution < -0.4 is 0 Å². The maximum Gasteiger partial charge on any atom is 0.0452 e. The van der Waals surface area contributed by atoms with Crippen molar-refractivity contribution in [2.75, 3.05) is 0 Å². The Balaban J connectivity index is 2.81. The molecule has 0 atom stereocenters. The Morgan fingerprint density at radius 1 is 0.583 bits per heavy atom. The molecule has 0 radical (unpaired) electrons. The van der Waals surface area contributed by atoms with Crippen molar-refractivity contribution in [3.05, 3.63) is 49.1 Å². The molecule has 12 heavy (non-hydrogen) atoms. The van der Waals surface area contributed by atoms with Crippen LogP contribution in [0.2, 0.25) is 0 Å². The molecule has 6 rings (SSSR count). The highest BCUT2D eigenvalue weighted by atomic mass is 14.9. The predicted octanol–water partition coefficient (Wildman–Crippen LogP) is 2.19. The Hall–Kier alpha value is -1.70. The molecule has 4 bridgehead atoms. The van der Waals surface area contributed by atoms with Crippen molar-refractivity contribution in [3.8, 4) is 0 Å². The molecule has 0 unspecified atom stereocenters. The van der Waals surface area contributed by atoms with Crippen LogP contribution in [0.4, 0.5) is 0 Å². The van der Waals surface area contributed by atoms with Crippen LogP contribution in [-0.2, 0) is 0 Å². The molecule has 0 aliphatic rings. The lowest BCUT2D eigenvalue weighted by atomic mass is 10.3. The van der Waals surface area contributed by atoms with E-state index in [1.165, 1.54) is 11.0 Å². The van der Waals surface area contributed by atoms with Crippen molar-refractivity contribution in [3.63, 3.8) is 0 Å². The molecule has 0 fully saturated rings. The Morgan fingerprint density at radius 3 is 1.25 bits per heavy atom. The molecule has 5 aromatic heterocycles. The summed E-state index contributed by atoms with van der Waals surface area (Å²) in [4.78, 5) is 0. The number of hydrogen-bond acceptors (Lipinski definition) is 0. The van der Waals surface area contributed by atoms with E-state index in [0.29, 0.717) is 0 Å². The molecule has 0 saturated heterocycles. The van der Waals surface area contributed by atoms with E-state index >= 15 is 0 Å². The van der Waals surface area contributed by atoms with Gasteiger partial charge in [0.15, 0.2) is 0 Å². The van der Waals surface area contributed by atoms with Crippen LogP contribution in [-0.4, -0.2) is 8.80 Å². The lowest BCUT2D eigenvalue weighted by Crippen LogP contribution is -1.93. The predicted molar refractivity (Wildman–Crippen MR) is 48.4 cm³/mol. The van der Waals surface area contributed by atoms with E-state index in [1.807, 2.05) is 0 Å². The van der Waals surface area contributed by atoms with Crippen molar-refractivity contribution in [1.29, 1.82) is 0 Å². The molecule has 5 heterocycles. The monoisotopic (exact) mass is 156 g/mol. The van der Waals surface area contributed by atoms with E-state index < -0.39 is 0 Å². The highest BCUT2D eigenvalue weighted by Crippen LogP contribution is 2.08. The fourth-order valence-electron chi connectivity index (χ4n) is 1.53. The number of hydrogen-bond donors (Lipinski definition) is 0. The summed E-state index contributed by atoms with van der Waals surface area (Å²) in [5.74, 6) is 0. The molecule has 2 nitrogen and oxygen atoms in total. The van der Waals surface area contributed by atoms with Crippen LogP contribution in [0.3, 0.4) is 0 Å². The average Bonchev–Trinajstić information content (AvgIpc) is 2.13. The van der Waals surface area contributed by atoms with Gasteiger partial charge in [0.2, 0.25) is 0 Å². The lowest BCUT2D eigenvalue weighted by molar-refractivity contribution is 1.04. The van der Waals surface area contributed by atoms with Crippen LogP contribution in [0.5, 0.6) is 0 Å². The highest BCUT2D eigenvalue weighted by Gasteiger charge is 1.92. The lowest BCUT2D eigenvalue weighted by Gasteiger charge is -2.05. The van der Waals surface area contributed by atoms with Gasteiger partial charge in [-0.15, -0.1) is 0 Å².